The molecule has 2 nitrogen and oxygen atoms in total. The fraction of sp³-hybridized carbons (Fsp3) is 0.571. The van der Waals surface area contributed by atoms with Crippen LogP contribution in [0.25, 0.3) is 0 Å². The van der Waals surface area contributed by atoms with Gasteiger partial charge in [0.1, 0.15) is 0 Å². The maximum Gasteiger partial charge on any atom is 0.0423 e. The summed E-state index contributed by atoms with van der Waals surface area (Å²) < 4.78 is 1.11. The Morgan fingerprint density at radius 2 is 2.06 bits per heavy atom. The fourth-order valence-electron chi connectivity index (χ4n) is 1.95. The van der Waals surface area contributed by atoms with Gasteiger partial charge in [0.15, 0.2) is 0 Å². The minimum Gasteiger partial charge on any atom is -0.374 e. The Bertz CT molecular complexity index is 350. The van der Waals surface area contributed by atoms with Crippen molar-refractivity contribution in [2.24, 2.45) is 5.73 Å². The number of halogens is 1. The van der Waals surface area contributed by atoms with Crippen molar-refractivity contribution in [3.05, 3.63) is 28.2 Å². The van der Waals surface area contributed by atoms with Crippen molar-refractivity contribution in [3.63, 3.8) is 0 Å². The molecule has 1 unspecified atom stereocenters. The van der Waals surface area contributed by atoms with E-state index in [-0.39, 0.29) is 6.04 Å². The van der Waals surface area contributed by atoms with Crippen molar-refractivity contribution in [2.45, 2.75) is 39.2 Å². The van der Waals surface area contributed by atoms with Gasteiger partial charge in [0.25, 0.3) is 0 Å². The summed E-state index contributed by atoms with van der Waals surface area (Å²) in [6, 6.07) is 6.40. The van der Waals surface area contributed by atoms with Crippen molar-refractivity contribution in [2.75, 3.05) is 18.5 Å². The summed E-state index contributed by atoms with van der Waals surface area (Å²) in [7, 11) is 2.14. The van der Waals surface area contributed by atoms with Crippen LogP contribution >= 0.6 is 15.9 Å². The summed E-state index contributed by atoms with van der Waals surface area (Å²) >= 11 is 3.53. The van der Waals surface area contributed by atoms with Crippen LogP contribution in [0.4, 0.5) is 5.69 Å². The SMILES string of the molecule is CCCCCN(C)c1cc(Br)ccc1C(C)N. The zero-order valence-electron chi connectivity index (χ0n) is 11.0. The molecule has 0 aliphatic heterocycles. The van der Waals surface area contributed by atoms with E-state index in [1.165, 1.54) is 30.5 Å². The van der Waals surface area contributed by atoms with E-state index in [0.29, 0.717) is 0 Å². The van der Waals surface area contributed by atoms with Gasteiger partial charge in [-0.2, -0.15) is 0 Å². The number of hydrogen-bond donors (Lipinski definition) is 1. The summed E-state index contributed by atoms with van der Waals surface area (Å²) in [5.74, 6) is 0. The molecule has 1 aromatic rings. The van der Waals surface area contributed by atoms with Crippen molar-refractivity contribution in [1.82, 2.24) is 0 Å². The third-order valence-corrected chi connectivity index (χ3v) is 3.48. The van der Waals surface area contributed by atoms with Gasteiger partial charge in [-0.1, -0.05) is 41.8 Å². The van der Waals surface area contributed by atoms with Crippen LogP contribution in [0, 0.1) is 0 Å². The molecule has 0 aliphatic carbocycles. The number of nitrogens with two attached hydrogens (primary N) is 1. The summed E-state index contributed by atoms with van der Waals surface area (Å²) in [5.41, 5.74) is 8.47. The predicted octanol–water partition coefficient (Wildman–Crippen LogP) is 4.10. The van der Waals surface area contributed by atoms with Crippen LogP contribution in [0.15, 0.2) is 22.7 Å². The van der Waals surface area contributed by atoms with E-state index >= 15 is 0 Å². The largest absolute Gasteiger partial charge is 0.374 e. The molecule has 0 heterocycles. The Hall–Kier alpha value is -0.540. The molecule has 3 heteroatoms. The fourth-order valence-corrected chi connectivity index (χ4v) is 2.30. The lowest BCUT2D eigenvalue weighted by Gasteiger charge is -2.24. The van der Waals surface area contributed by atoms with E-state index in [4.69, 9.17) is 5.73 Å². The van der Waals surface area contributed by atoms with Gasteiger partial charge in [0.05, 0.1) is 0 Å². The Kier molecular flexibility index (Phi) is 6.00. The quantitative estimate of drug-likeness (QED) is 0.801. The Morgan fingerprint density at radius 3 is 2.65 bits per heavy atom. The second kappa shape index (κ2) is 7.02. The summed E-state index contributed by atoms with van der Waals surface area (Å²) in [6.45, 7) is 5.35. The lowest BCUT2D eigenvalue weighted by Crippen LogP contribution is -2.21. The molecule has 0 saturated carbocycles. The Balaban J connectivity index is 2.82. The van der Waals surface area contributed by atoms with Crippen LogP contribution in [0.5, 0.6) is 0 Å². The van der Waals surface area contributed by atoms with E-state index < -0.39 is 0 Å². The molecule has 0 spiro atoms. The number of anilines is 1. The molecule has 1 atom stereocenters. The van der Waals surface area contributed by atoms with Gasteiger partial charge < -0.3 is 10.6 Å². The molecule has 0 aliphatic rings. The summed E-state index contributed by atoms with van der Waals surface area (Å²) in [4.78, 5) is 2.30. The van der Waals surface area contributed by atoms with E-state index in [0.717, 1.165) is 11.0 Å². The van der Waals surface area contributed by atoms with Crippen molar-refractivity contribution >= 4 is 21.6 Å². The molecule has 1 aromatic carbocycles. The summed E-state index contributed by atoms with van der Waals surface area (Å²) in [5, 5.41) is 0. The average molecular weight is 299 g/mol. The number of benzene rings is 1. The molecule has 0 radical (unpaired) electrons. The van der Waals surface area contributed by atoms with E-state index in [1.54, 1.807) is 0 Å². The molecule has 2 N–H and O–H groups in total. The highest BCUT2D eigenvalue weighted by molar-refractivity contribution is 9.10. The zero-order valence-corrected chi connectivity index (χ0v) is 12.6. The van der Waals surface area contributed by atoms with Gasteiger partial charge in [-0.25, -0.2) is 0 Å². The van der Waals surface area contributed by atoms with Gasteiger partial charge in [-0.3, -0.25) is 0 Å². The van der Waals surface area contributed by atoms with E-state index in [9.17, 15) is 0 Å². The Morgan fingerprint density at radius 1 is 1.35 bits per heavy atom. The predicted molar refractivity (Wildman–Crippen MR) is 79.5 cm³/mol. The van der Waals surface area contributed by atoms with Gasteiger partial charge >= 0.3 is 0 Å². The lowest BCUT2D eigenvalue weighted by molar-refractivity contribution is 0.700. The van der Waals surface area contributed by atoms with Crippen LogP contribution in [-0.4, -0.2) is 13.6 Å². The molecular weight excluding hydrogens is 276 g/mol. The molecule has 0 bridgehead atoms. The second-order valence-corrected chi connectivity index (χ2v) is 5.54. The maximum absolute atomic E-state index is 6.02. The molecule has 0 saturated heterocycles. The van der Waals surface area contributed by atoms with Crippen LogP contribution in [-0.2, 0) is 0 Å². The Labute approximate surface area is 113 Å². The van der Waals surface area contributed by atoms with Gasteiger partial charge in [-0.15, -0.1) is 0 Å². The molecule has 0 amide bonds. The van der Waals surface area contributed by atoms with Crippen molar-refractivity contribution in [1.29, 1.82) is 0 Å². The minimum absolute atomic E-state index is 0.0757. The highest BCUT2D eigenvalue weighted by atomic mass is 79.9. The molecule has 0 aromatic heterocycles. The second-order valence-electron chi connectivity index (χ2n) is 4.62. The molecule has 96 valence electrons. The first-order chi connectivity index (χ1) is 8.06. The zero-order chi connectivity index (χ0) is 12.8. The number of hydrogen-bond acceptors (Lipinski definition) is 2. The van der Waals surface area contributed by atoms with Crippen LogP contribution in [0.1, 0.15) is 44.7 Å². The third-order valence-electron chi connectivity index (χ3n) is 2.99. The molecule has 17 heavy (non-hydrogen) atoms. The minimum atomic E-state index is 0.0757. The van der Waals surface area contributed by atoms with Crippen molar-refractivity contribution < 1.29 is 0 Å². The van der Waals surface area contributed by atoms with E-state index in [2.05, 4.69) is 53.0 Å². The first-order valence-corrected chi connectivity index (χ1v) is 7.11. The normalized spacial score (nSPS) is 12.5. The topological polar surface area (TPSA) is 29.3 Å². The van der Waals surface area contributed by atoms with Crippen LogP contribution in [0.2, 0.25) is 0 Å². The average Bonchev–Trinajstić information content (AvgIpc) is 2.28. The van der Waals surface area contributed by atoms with Gasteiger partial charge in [0, 0.05) is 29.8 Å². The molecule has 1 rings (SSSR count). The third kappa shape index (κ3) is 4.32. The summed E-state index contributed by atoms with van der Waals surface area (Å²) in [6.07, 6.45) is 3.77. The van der Waals surface area contributed by atoms with Crippen molar-refractivity contribution in [3.8, 4) is 0 Å². The smallest absolute Gasteiger partial charge is 0.0423 e. The maximum atomic E-state index is 6.02. The first kappa shape index (κ1) is 14.5. The van der Waals surface area contributed by atoms with Crippen LogP contribution in [0.3, 0.4) is 0 Å². The van der Waals surface area contributed by atoms with Crippen LogP contribution < -0.4 is 10.6 Å². The number of rotatable bonds is 6. The number of unbranched alkanes of at least 4 members (excludes halogenated alkanes) is 2. The number of nitrogens with zero attached hydrogens (tertiary/aromatic N) is 1. The first-order valence-electron chi connectivity index (χ1n) is 6.32. The highest BCUT2D eigenvalue weighted by Gasteiger charge is 2.10. The molecule has 0 fully saturated rings. The standard InChI is InChI=1S/C14H23BrN2/c1-4-5-6-9-17(3)14-10-12(15)7-8-13(14)11(2)16/h7-8,10-11H,4-6,9,16H2,1-3H3. The monoisotopic (exact) mass is 298 g/mol. The lowest BCUT2D eigenvalue weighted by atomic mass is 10.1. The van der Waals surface area contributed by atoms with Gasteiger partial charge in [-0.05, 0) is 31.0 Å². The molecular formula is C14H23BrN2. The highest BCUT2D eigenvalue weighted by Crippen LogP contribution is 2.28. The van der Waals surface area contributed by atoms with E-state index in [1.807, 2.05) is 6.92 Å². The van der Waals surface area contributed by atoms with Gasteiger partial charge in [0.2, 0.25) is 0 Å².